The molecule has 1 aromatic carbocycles. The molecule has 1 aliphatic carbocycles. The summed E-state index contributed by atoms with van der Waals surface area (Å²) in [6, 6.07) is 10.8. The lowest BCUT2D eigenvalue weighted by Gasteiger charge is -2.34. The Bertz CT molecular complexity index is 494. The highest BCUT2D eigenvalue weighted by molar-refractivity contribution is 5.76. The number of amides is 1. The van der Waals surface area contributed by atoms with E-state index in [4.69, 9.17) is 0 Å². The summed E-state index contributed by atoms with van der Waals surface area (Å²) in [5, 5.41) is 9.31. The number of piperidine rings is 1. The van der Waals surface area contributed by atoms with E-state index in [-0.39, 0.29) is 6.61 Å². The van der Waals surface area contributed by atoms with E-state index in [9.17, 15) is 9.90 Å². The first-order valence-electron chi connectivity index (χ1n) is 9.20. The molecule has 1 aromatic rings. The summed E-state index contributed by atoms with van der Waals surface area (Å²) in [6.07, 6.45) is 7.56. The van der Waals surface area contributed by atoms with Gasteiger partial charge in [0.1, 0.15) is 0 Å². The predicted molar refractivity (Wildman–Crippen MR) is 92.1 cm³/mol. The van der Waals surface area contributed by atoms with Crippen LogP contribution < -0.4 is 0 Å². The molecule has 1 saturated heterocycles. The fourth-order valence-corrected chi connectivity index (χ4v) is 4.24. The Balaban J connectivity index is 1.46. The lowest BCUT2D eigenvalue weighted by molar-refractivity contribution is -0.134. The zero-order valence-corrected chi connectivity index (χ0v) is 14.0. The number of carbonyl (C=O) groups excluding carboxylic acids is 1. The molecule has 1 saturated carbocycles. The van der Waals surface area contributed by atoms with Gasteiger partial charge in [0.25, 0.3) is 0 Å². The van der Waals surface area contributed by atoms with E-state index in [2.05, 4.69) is 30.3 Å². The van der Waals surface area contributed by atoms with Crippen LogP contribution in [0, 0.1) is 11.8 Å². The Morgan fingerprint density at radius 2 is 1.78 bits per heavy atom. The Labute approximate surface area is 139 Å². The monoisotopic (exact) mass is 315 g/mol. The average Bonchev–Trinajstić information content (AvgIpc) is 2.63. The molecule has 1 aliphatic heterocycles. The molecule has 0 radical (unpaired) electrons. The fraction of sp³-hybridized carbons (Fsp3) is 0.650. The van der Waals surface area contributed by atoms with E-state index in [1.807, 2.05) is 4.90 Å². The maximum atomic E-state index is 12.5. The zero-order valence-electron chi connectivity index (χ0n) is 14.0. The number of hydrogen-bond donors (Lipinski definition) is 1. The SMILES string of the molecule is O=C(CC1CCC(c2ccccc2)CC1)N1CCCC(CO)C1. The molecule has 1 atom stereocenters. The van der Waals surface area contributed by atoms with E-state index < -0.39 is 0 Å². The zero-order chi connectivity index (χ0) is 16.1. The first-order chi connectivity index (χ1) is 11.3. The highest BCUT2D eigenvalue weighted by atomic mass is 16.3. The molecule has 2 fully saturated rings. The van der Waals surface area contributed by atoms with Crippen LogP contribution in [0.1, 0.15) is 56.4 Å². The van der Waals surface area contributed by atoms with E-state index in [0.29, 0.717) is 30.1 Å². The molecule has 3 heteroatoms. The molecule has 1 heterocycles. The number of likely N-dealkylation sites (tertiary alicyclic amines) is 1. The molecular weight excluding hydrogens is 286 g/mol. The van der Waals surface area contributed by atoms with Crippen molar-refractivity contribution in [2.45, 2.75) is 50.9 Å². The van der Waals surface area contributed by atoms with Gasteiger partial charge < -0.3 is 10.0 Å². The van der Waals surface area contributed by atoms with Crippen LogP contribution in [0.25, 0.3) is 0 Å². The third-order valence-electron chi connectivity index (χ3n) is 5.71. The maximum absolute atomic E-state index is 12.5. The van der Waals surface area contributed by atoms with E-state index in [1.54, 1.807) is 0 Å². The summed E-state index contributed by atoms with van der Waals surface area (Å²) in [4.78, 5) is 14.5. The Morgan fingerprint density at radius 1 is 1.04 bits per heavy atom. The molecule has 0 spiro atoms. The van der Waals surface area contributed by atoms with E-state index in [1.165, 1.54) is 31.2 Å². The minimum absolute atomic E-state index is 0.214. The van der Waals surface area contributed by atoms with Gasteiger partial charge in [0, 0.05) is 26.1 Å². The van der Waals surface area contributed by atoms with Crippen LogP contribution >= 0.6 is 0 Å². The van der Waals surface area contributed by atoms with Gasteiger partial charge in [-0.05, 0) is 61.8 Å². The highest BCUT2D eigenvalue weighted by Crippen LogP contribution is 2.37. The molecule has 1 amide bonds. The molecule has 3 rings (SSSR count). The molecule has 1 N–H and O–H groups in total. The molecule has 1 unspecified atom stereocenters. The van der Waals surface area contributed by atoms with Gasteiger partial charge in [0.2, 0.25) is 5.91 Å². The molecule has 0 bridgehead atoms. The number of rotatable bonds is 4. The number of nitrogens with zero attached hydrogens (tertiary/aromatic N) is 1. The molecule has 0 aromatic heterocycles. The Hall–Kier alpha value is -1.35. The summed E-state index contributed by atoms with van der Waals surface area (Å²) in [5.74, 6) is 1.83. The van der Waals surface area contributed by atoms with Gasteiger partial charge in [0.15, 0.2) is 0 Å². The number of carbonyl (C=O) groups is 1. The molecule has 3 nitrogen and oxygen atoms in total. The molecule has 126 valence electrons. The van der Waals surface area contributed by atoms with Gasteiger partial charge >= 0.3 is 0 Å². The van der Waals surface area contributed by atoms with Gasteiger partial charge in [-0.1, -0.05) is 30.3 Å². The smallest absolute Gasteiger partial charge is 0.222 e. The number of hydrogen-bond acceptors (Lipinski definition) is 2. The largest absolute Gasteiger partial charge is 0.396 e. The average molecular weight is 315 g/mol. The summed E-state index contributed by atoms with van der Waals surface area (Å²) in [6.45, 7) is 1.86. The topological polar surface area (TPSA) is 40.5 Å². The predicted octanol–water partition coefficient (Wildman–Crippen LogP) is 3.58. The van der Waals surface area contributed by atoms with Crippen molar-refractivity contribution in [1.29, 1.82) is 0 Å². The first-order valence-corrected chi connectivity index (χ1v) is 9.20. The van der Waals surface area contributed by atoms with Gasteiger partial charge in [-0.3, -0.25) is 4.79 Å². The van der Waals surface area contributed by atoms with Crippen molar-refractivity contribution in [3.63, 3.8) is 0 Å². The lowest BCUT2D eigenvalue weighted by atomic mass is 9.77. The van der Waals surface area contributed by atoms with Crippen LogP contribution in [0.2, 0.25) is 0 Å². The van der Waals surface area contributed by atoms with Crippen molar-refractivity contribution in [3.05, 3.63) is 35.9 Å². The Morgan fingerprint density at radius 3 is 2.48 bits per heavy atom. The van der Waals surface area contributed by atoms with Crippen LogP contribution in [0.5, 0.6) is 0 Å². The van der Waals surface area contributed by atoms with Gasteiger partial charge in [-0.25, -0.2) is 0 Å². The van der Waals surface area contributed by atoms with Crippen LogP contribution in [-0.4, -0.2) is 35.6 Å². The van der Waals surface area contributed by atoms with E-state index in [0.717, 1.165) is 25.9 Å². The Kier molecular flexibility index (Phi) is 5.71. The summed E-state index contributed by atoms with van der Waals surface area (Å²) in [5.41, 5.74) is 1.46. The van der Waals surface area contributed by atoms with Crippen molar-refractivity contribution in [3.8, 4) is 0 Å². The second-order valence-electron chi connectivity index (χ2n) is 7.36. The van der Waals surface area contributed by atoms with Crippen LogP contribution in [0.3, 0.4) is 0 Å². The van der Waals surface area contributed by atoms with Crippen LogP contribution in [0.15, 0.2) is 30.3 Å². The minimum atomic E-state index is 0.214. The second-order valence-corrected chi connectivity index (χ2v) is 7.36. The van der Waals surface area contributed by atoms with Gasteiger partial charge in [-0.2, -0.15) is 0 Å². The van der Waals surface area contributed by atoms with Crippen LogP contribution in [-0.2, 0) is 4.79 Å². The third kappa shape index (κ3) is 4.35. The fourth-order valence-electron chi connectivity index (χ4n) is 4.24. The second kappa shape index (κ2) is 7.96. The van der Waals surface area contributed by atoms with Crippen molar-refractivity contribution < 1.29 is 9.90 Å². The van der Waals surface area contributed by atoms with Crippen LogP contribution in [0.4, 0.5) is 0 Å². The van der Waals surface area contributed by atoms with Crippen molar-refractivity contribution in [2.75, 3.05) is 19.7 Å². The number of benzene rings is 1. The van der Waals surface area contributed by atoms with Crippen molar-refractivity contribution >= 4 is 5.91 Å². The highest BCUT2D eigenvalue weighted by Gasteiger charge is 2.28. The molecule has 2 aliphatic rings. The standard InChI is InChI=1S/C20H29NO2/c22-15-17-5-4-12-21(14-17)20(23)13-16-8-10-19(11-9-16)18-6-2-1-3-7-18/h1-3,6-7,16-17,19,22H,4-5,8-15H2. The summed E-state index contributed by atoms with van der Waals surface area (Å²) < 4.78 is 0. The minimum Gasteiger partial charge on any atom is -0.396 e. The van der Waals surface area contributed by atoms with Crippen molar-refractivity contribution in [1.82, 2.24) is 4.90 Å². The van der Waals surface area contributed by atoms with Gasteiger partial charge in [-0.15, -0.1) is 0 Å². The van der Waals surface area contributed by atoms with E-state index >= 15 is 0 Å². The summed E-state index contributed by atoms with van der Waals surface area (Å²) >= 11 is 0. The maximum Gasteiger partial charge on any atom is 0.222 e. The normalized spacial score (nSPS) is 28.6. The molecular formula is C20H29NO2. The molecule has 23 heavy (non-hydrogen) atoms. The van der Waals surface area contributed by atoms with Gasteiger partial charge in [0.05, 0.1) is 0 Å². The lowest BCUT2D eigenvalue weighted by Crippen LogP contribution is -2.41. The number of aliphatic hydroxyl groups excluding tert-OH is 1. The third-order valence-corrected chi connectivity index (χ3v) is 5.71. The number of aliphatic hydroxyl groups is 1. The summed E-state index contributed by atoms with van der Waals surface area (Å²) in [7, 11) is 0. The first kappa shape index (κ1) is 16.5. The quantitative estimate of drug-likeness (QED) is 0.922. The van der Waals surface area contributed by atoms with Crippen molar-refractivity contribution in [2.24, 2.45) is 11.8 Å².